The van der Waals surface area contributed by atoms with Crippen LogP contribution >= 0.6 is 0 Å². The molecule has 1 aliphatic heterocycles. The van der Waals surface area contributed by atoms with E-state index in [9.17, 15) is 33.6 Å². The van der Waals surface area contributed by atoms with Gasteiger partial charge in [0, 0.05) is 88.4 Å². The Balaban J connectivity index is 1.19. The summed E-state index contributed by atoms with van der Waals surface area (Å²) in [6.45, 7) is 5.46. The molecule has 0 saturated carbocycles. The minimum absolute atomic E-state index is 0.0410. The van der Waals surface area contributed by atoms with Gasteiger partial charge in [0.2, 0.25) is 29.6 Å². The molecule has 0 saturated heterocycles. The number of nitrogens with two attached hydrogens (primary N) is 2. The molecule has 7 amide bonds. The van der Waals surface area contributed by atoms with Gasteiger partial charge in [0.1, 0.15) is 33.9 Å². The molecular weight excluding hydrogens is 865 g/mol. The Labute approximate surface area is 383 Å². The van der Waals surface area contributed by atoms with Crippen LogP contribution in [-0.2, 0) is 40.6 Å². The molecule has 348 valence electrons. The lowest BCUT2D eigenvalue weighted by Crippen LogP contribution is -2.36. The zero-order valence-corrected chi connectivity index (χ0v) is 37.4. The molecule has 2 aromatic carbocycles. The maximum atomic E-state index is 13.7. The first-order valence-electron chi connectivity index (χ1n) is 21.4. The number of carbonyl (C=O) groups is 7. The van der Waals surface area contributed by atoms with Crippen LogP contribution in [0.5, 0.6) is 11.5 Å². The number of methoxy groups -OCH3 is 1. The van der Waals surface area contributed by atoms with Gasteiger partial charge >= 0.3 is 0 Å². The fraction of sp³-hybridized carbons (Fsp3) is 0.283. The van der Waals surface area contributed by atoms with E-state index in [-0.39, 0.29) is 73.9 Å². The van der Waals surface area contributed by atoms with E-state index < -0.39 is 35.4 Å². The van der Waals surface area contributed by atoms with Crippen LogP contribution in [0.15, 0.2) is 85.2 Å². The van der Waals surface area contributed by atoms with Crippen molar-refractivity contribution in [3.63, 3.8) is 0 Å². The van der Waals surface area contributed by atoms with E-state index in [4.69, 9.17) is 25.9 Å². The summed E-state index contributed by atoms with van der Waals surface area (Å²) in [5, 5.41) is 5.83. The third-order valence-corrected chi connectivity index (χ3v) is 11.2. The first kappa shape index (κ1) is 46.5. The quantitative estimate of drug-likeness (QED) is 0.0461. The Morgan fingerprint density at radius 2 is 1.24 bits per heavy atom. The number of imidazole rings is 2. The van der Waals surface area contributed by atoms with Crippen LogP contribution in [0.3, 0.4) is 0 Å². The Bertz CT molecular complexity index is 2970. The normalized spacial score (nSPS) is 12.4. The number of ether oxygens (including phenoxy) is 2. The summed E-state index contributed by atoms with van der Waals surface area (Å²) in [4.78, 5) is 101. The molecule has 5 heterocycles. The number of nitrogens with zero attached hydrogens (tertiary/aromatic N) is 8. The predicted molar refractivity (Wildman–Crippen MR) is 247 cm³/mol. The van der Waals surface area contributed by atoms with E-state index in [1.165, 1.54) is 48.4 Å². The van der Waals surface area contributed by atoms with Crippen molar-refractivity contribution in [1.82, 2.24) is 38.0 Å². The van der Waals surface area contributed by atoms with Crippen LogP contribution in [0.2, 0.25) is 0 Å². The Morgan fingerprint density at radius 1 is 0.746 bits per heavy atom. The zero-order chi connectivity index (χ0) is 47.9. The number of aromatic nitrogens is 6. The molecule has 21 nitrogen and oxygen atoms in total. The van der Waals surface area contributed by atoms with Crippen molar-refractivity contribution in [2.75, 3.05) is 44.5 Å². The number of rotatable bonds is 21. The summed E-state index contributed by atoms with van der Waals surface area (Å²) in [5.74, 6) is -2.64. The summed E-state index contributed by atoms with van der Waals surface area (Å²) < 4.78 is 19.0. The van der Waals surface area contributed by atoms with Crippen LogP contribution in [-0.4, -0.2) is 113 Å². The molecule has 0 unspecified atom stereocenters. The molecule has 0 aliphatic carbocycles. The van der Waals surface area contributed by atoms with Gasteiger partial charge in [0.15, 0.2) is 0 Å². The number of carbonyl (C=O) groups excluding carboxylic acids is 7. The number of nitrogens with one attached hydrogen (secondary N) is 2. The van der Waals surface area contributed by atoms with Crippen LogP contribution in [0.25, 0.3) is 22.1 Å². The topological polar surface area (TPSA) is 266 Å². The van der Waals surface area contributed by atoms with Crippen molar-refractivity contribution in [3.8, 4) is 11.5 Å². The number of primary amides is 2. The van der Waals surface area contributed by atoms with Gasteiger partial charge in [-0.1, -0.05) is 12.2 Å². The average molecular weight is 915 g/mol. The van der Waals surface area contributed by atoms with Crippen LogP contribution < -0.4 is 31.6 Å². The first-order chi connectivity index (χ1) is 32.2. The number of aryl methyl sites for hydroxylation is 2. The van der Waals surface area contributed by atoms with Crippen LogP contribution in [0.4, 0.5) is 11.9 Å². The molecule has 6 aromatic rings. The smallest absolute Gasteiger partial charge is 0.274 e. The van der Waals surface area contributed by atoms with Crippen molar-refractivity contribution in [3.05, 3.63) is 108 Å². The second-order valence-corrected chi connectivity index (χ2v) is 15.4. The van der Waals surface area contributed by atoms with Gasteiger partial charge in [-0.15, -0.1) is 0 Å². The van der Waals surface area contributed by atoms with E-state index in [0.717, 1.165) is 4.90 Å². The van der Waals surface area contributed by atoms with Gasteiger partial charge in [-0.05, 0) is 68.8 Å². The summed E-state index contributed by atoms with van der Waals surface area (Å²) in [6.07, 6.45) is 9.83. The lowest BCUT2D eigenvalue weighted by Gasteiger charge is -2.19. The second-order valence-electron chi connectivity index (χ2n) is 15.4. The number of hydrogen-bond donors (Lipinski definition) is 4. The van der Waals surface area contributed by atoms with Gasteiger partial charge in [-0.3, -0.25) is 49.1 Å². The molecule has 4 aromatic heterocycles. The number of fused-ring (bicyclic) bond motifs is 2. The average Bonchev–Trinajstić information content (AvgIpc) is 4.16. The largest absolute Gasteiger partial charge is 0.494 e. The van der Waals surface area contributed by atoms with Crippen molar-refractivity contribution >= 4 is 75.3 Å². The summed E-state index contributed by atoms with van der Waals surface area (Å²) in [7, 11) is 3.05. The van der Waals surface area contributed by atoms with Crippen molar-refractivity contribution in [2.24, 2.45) is 11.5 Å². The minimum atomic E-state index is -0.736. The standard InChI is InChI=1S/C46H50N12O9/c1-5-54-18-9-12-32(54)43(64)51-45-49-30-24-28(41(47)62)26-34(66-4)39(30)57(45)20-7-8-21-58-40-31(50-46(58)52-44(65)33-13-10-19-55(33)6-2)25-29(42(48)63)27-35(40)67-23-11-17-53(3)36(59)16-22-56-37(60)14-15-38(56)61/h7-10,12-15,18-19,24-27H,5-6,11,16-17,20-23H2,1-4H3,(H2,47,62)(H2,48,63)(H,49,51,64)(H,50,52,65)/b8-7+. The van der Waals surface area contributed by atoms with E-state index in [2.05, 4.69) is 15.6 Å². The molecule has 0 bridgehead atoms. The molecule has 6 N–H and O–H groups in total. The predicted octanol–water partition coefficient (Wildman–Crippen LogP) is 3.54. The second kappa shape index (κ2) is 20.1. The Morgan fingerprint density at radius 3 is 1.72 bits per heavy atom. The maximum absolute atomic E-state index is 13.7. The molecular formula is C46H50N12O9. The zero-order valence-electron chi connectivity index (χ0n) is 37.4. The highest BCUT2D eigenvalue weighted by molar-refractivity contribution is 6.13. The summed E-state index contributed by atoms with van der Waals surface area (Å²) in [6, 6.07) is 12.9. The van der Waals surface area contributed by atoms with Crippen LogP contribution in [0, 0.1) is 0 Å². The van der Waals surface area contributed by atoms with Gasteiger partial charge < -0.3 is 44.1 Å². The maximum Gasteiger partial charge on any atom is 0.274 e. The number of imide groups is 1. The molecule has 7 rings (SSSR count). The van der Waals surface area contributed by atoms with E-state index >= 15 is 0 Å². The van der Waals surface area contributed by atoms with E-state index in [0.29, 0.717) is 58.7 Å². The highest BCUT2D eigenvalue weighted by atomic mass is 16.5. The SMILES string of the molecule is CCn1cccc1C(=O)Nc1nc2cc(C(N)=O)cc(OC)c2n1C/C=C/Cn1c(NC(=O)c2cccn2CC)nc2cc(C(N)=O)cc(OCCCN(C)C(=O)CCN3C(=O)C=CC3=O)c21. The number of anilines is 2. The van der Waals surface area contributed by atoms with Gasteiger partial charge in [-0.25, -0.2) is 9.97 Å². The Kier molecular flexibility index (Phi) is 14.0. The summed E-state index contributed by atoms with van der Waals surface area (Å²) >= 11 is 0. The molecule has 0 radical (unpaired) electrons. The number of hydrogen-bond acceptors (Lipinski definition) is 11. The lowest BCUT2D eigenvalue weighted by atomic mass is 10.1. The first-order valence-corrected chi connectivity index (χ1v) is 21.4. The molecule has 0 fully saturated rings. The van der Waals surface area contributed by atoms with Crippen molar-refractivity contribution in [2.45, 2.75) is 52.9 Å². The third-order valence-electron chi connectivity index (χ3n) is 11.2. The van der Waals surface area contributed by atoms with Gasteiger partial charge in [0.05, 0.1) is 24.8 Å². The Hall–Kier alpha value is -8.49. The molecule has 0 atom stereocenters. The minimum Gasteiger partial charge on any atom is -0.494 e. The molecule has 67 heavy (non-hydrogen) atoms. The van der Waals surface area contributed by atoms with Crippen molar-refractivity contribution in [1.29, 1.82) is 0 Å². The highest BCUT2D eigenvalue weighted by Crippen LogP contribution is 2.33. The number of amides is 7. The fourth-order valence-electron chi connectivity index (χ4n) is 7.70. The molecule has 21 heteroatoms. The van der Waals surface area contributed by atoms with Gasteiger partial charge in [0.25, 0.3) is 23.6 Å². The summed E-state index contributed by atoms with van der Waals surface area (Å²) in [5.41, 5.74) is 14.0. The van der Waals surface area contributed by atoms with Crippen molar-refractivity contribution < 1.29 is 43.0 Å². The highest BCUT2D eigenvalue weighted by Gasteiger charge is 2.26. The lowest BCUT2D eigenvalue weighted by molar-refractivity contribution is -0.138. The number of benzene rings is 2. The molecule has 1 aliphatic rings. The van der Waals surface area contributed by atoms with Gasteiger partial charge in [-0.2, -0.15) is 0 Å². The fourth-order valence-corrected chi connectivity index (χ4v) is 7.70. The monoisotopic (exact) mass is 914 g/mol. The molecule has 0 spiro atoms. The van der Waals surface area contributed by atoms with E-state index in [1.54, 1.807) is 68.1 Å². The third kappa shape index (κ3) is 9.94. The van der Waals surface area contributed by atoms with E-state index in [1.807, 2.05) is 19.9 Å². The van der Waals surface area contributed by atoms with Crippen LogP contribution in [0.1, 0.15) is 68.4 Å². The number of allylic oxidation sites excluding steroid dienone is 2.